The van der Waals surface area contributed by atoms with Gasteiger partial charge < -0.3 is 0 Å². The summed E-state index contributed by atoms with van der Waals surface area (Å²) >= 11 is -1.28. The van der Waals surface area contributed by atoms with Gasteiger partial charge in [-0.2, -0.15) is 0 Å². The number of ketones is 1. The normalized spacial score (nSPS) is 32.2. The first-order chi connectivity index (χ1) is 11.3. The predicted molar refractivity (Wildman–Crippen MR) is 93.8 cm³/mol. The summed E-state index contributed by atoms with van der Waals surface area (Å²) in [4.78, 5) is 12.7. The van der Waals surface area contributed by atoms with Crippen molar-refractivity contribution in [1.29, 1.82) is 0 Å². The van der Waals surface area contributed by atoms with Crippen molar-refractivity contribution in [2.24, 2.45) is 16.7 Å². The molecule has 128 valence electrons. The quantitative estimate of drug-likeness (QED) is 0.253. The van der Waals surface area contributed by atoms with Crippen LogP contribution in [0.1, 0.15) is 70.2 Å². The van der Waals surface area contributed by atoms with Crippen molar-refractivity contribution in [2.75, 3.05) is 0 Å². The molecule has 1 fully saturated rings. The number of hydrogen-bond donors (Lipinski definition) is 0. The Kier molecular flexibility index (Phi) is 5.38. The van der Waals surface area contributed by atoms with E-state index < -0.39 is 23.3 Å². The minimum atomic E-state index is -1.28. The number of rotatable bonds is 4. The molecule has 2 aliphatic carbocycles. The average Bonchev–Trinajstić information content (AvgIpc) is 3.05. The Morgan fingerprint density at radius 2 is 2.12 bits per heavy atom. The molecular formula is C20H27ClHgO2. The van der Waals surface area contributed by atoms with Crippen LogP contribution >= 0.6 is 8.25 Å². The molecule has 24 heavy (non-hydrogen) atoms. The SMILES string of the molecule is CC1=C(CC(=O)c2ccoc2)[C@@]2(C)CC[C@H]([Hg][Cl])C(C)(C)[C@@H]2CC1. The van der Waals surface area contributed by atoms with Crippen molar-refractivity contribution in [3.63, 3.8) is 0 Å². The molecule has 1 aromatic rings. The first-order valence-corrected chi connectivity index (χ1v) is 19.1. The van der Waals surface area contributed by atoms with E-state index in [1.165, 1.54) is 30.4 Å². The van der Waals surface area contributed by atoms with Crippen molar-refractivity contribution < 1.29 is 32.6 Å². The van der Waals surface area contributed by atoms with E-state index in [2.05, 4.69) is 27.7 Å². The molecule has 4 heteroatoms. The second-order valence-corrected chi connectivity index (χ2v) is 16.3. The van der Waals surface area contributed by atoms with Gasteiger partial charge in [-0.05, 0) is 0 Å². The van der Waals surface area contributed by atoms with Crippen LogP contribution in [-0.4, -0.2) is 5.78 Å². The number of carbonyl (C=O) groups excluding carboxylic acids is 1. The van der Waals surface area contributed by atoms with Gasteiger partial charge in [0, 0.05) is 0 Å². The van der Waals surface area contributed by atoms with E-state index >= 15 is 0 Å². The van der Waals surface area contributed by atoms with Crippen LogP contribution in [-0.2, 0) is 23.3 Å². The molecule has 0 spiro atoms. The fraction of sp³-hybridized carbons (Fsp3) is 0.650. The summed E-state index contributed by atoms with van der Waals surface area (Å²) in [5, 5.41) is 0. The first-order valence-electron chi connectivity index (χ1n) is 9.11. The van der Waals surface area contributed by atoms with Crippen LogP contribution in [0.25, 0.3) is 0 Å². The van der Waals surface area contributed by atoms with Crippen LogP contribution in [0.5, 0.6) is 0 Å². The van der Waals surface area contributed by atoms with Gasteiger partial charge >= 0.3 is 162 Å². The van der Waals surface area contributed by atoms with E-state index in [-0.39, 0.29) is 11.2 Å². The molecule has 0 aliphatic heterocycles. The van der Waals surface area contributed by atoms with Gasteiger partial charge in [0.25, 0.3) is 0 Å². The first kappa shape index (κ1) is 18.7. The predicted octanol–water partition coefficient (Wildman–Crippen LogP) is 6.43. The number of halogens is 1. The topological polar surface area (TPSA) is 30.2 Å². The summed E-state index contributed by atoms with van der Waals surface area (Å²) in [7, 11) is 6.50. The van der Waals surface area contributed by atoms with Crippen molar-refractivity contribution in [3.05, 3.63) is 35.3 Å². The molecule has 0 N–H and O–H groups in total. The van der Waals surface area contributed by atoms with E-state index in [9.17, 15) is 4.79 Å². The van der Waals surface area contributed by atoms with Crippen LogP contribution in [0.3, 0.4) is 0 Å². The Hall–Kier alpha value is -0.0849. The number of allylic oxidation sites excluding steroid dienone is 2. The van der Waals surface area contributed by atoms with E-state index in [0.717, 1.165) is 9.85 Å². The zero-order valence-electron chi connectivity index (χ0n) is 15.3. The number of Topliss-reactive ketones (excluding diaryl/α,β-unsaturated/α-hetero) is 1. The van der Waals surface area contributed by atoms with E-state index in [4.69, 9.17) is 12.7 Å². The molecule has 1 saturated carbocycles. The summed E-state index contributed by atoms with van der Waals surface area (Å²) in [6, 6.07) is 1.78. The van der Waals surface area contributed by atoms with Crippen LogP contribution < -0.4 is 0 Å². The zero-order chi connectivity index (χ0) is 17.5. The minimum absolute atomic E-state index is 0.154. The number of fused-ring (bicyclic) bond motifs is 1. The molecule has 1 aromatic heterocycles. The summed E-state index contributed by atoms with van der Waals surface area (Å²) in [6.45, 7) is 9.54. The van der Waals surface area contributed by atoms with Gasteiger partial charge in [0.1, 0.15) is 0 Å². The van der Waals surface area contributed by atoms with Gasteiger partial charge in [-0.25, -0.2) is 0 Å². The molecule has 0 radical (unpaired) electrons. The van der Waals surface area contributed by atoms with Gasteiger partial charge in [-0.15, -0.1) is 0 Å². The van der Waals surface area contributed by atoms with Crippen molar-refractivity contribution >= 4 is 14.0 Å². The summed E-state index contributed by atoms with van der Waals surface area (Å²) in [6.07, 6.45) is 8.53. The van der Waals surface area contributed by atoms with Crippen LogP contribution in [0.15, 0.2) is 34.2 Å². The molecule has 0 amide bonds. The molecule has 0 bridgehead atoms. The molecule has 3 rings (SSSR count). The monoisotopic (exact) mass is 536 g/mol. The van der Waals surface area contributed by atoms with Gasteiger partial charge in [0.05, 0.1) is 0 Å². The standard InChI is InChI=1S/C20H27O2.ClH.Hg/c1-14-6-7-18-19(2,3)9-5-10-20(18,4)16(14)12-17(21)15-8-11-22-13-15;;/h8-9,11,13,18H,5-7,10,12H2,1-4H3;1H;/q;;+1/p-1/t18-,20+;;/m0../s1. The summed E-state index contributed by atoms with van der Waals surface area (Å²) in [5.74, 6) is 0.843. The summed E-state index contributed by atoms with van der Waals surface area (Å²) < 4.78 is 5.89. The van der Waals surface area contributed by atoms with Gasteiger partial charge in [0.2, 0.25) is 0 Å². The van der Waals surface area contributed by atoms with E-state index in [0.29, 0.717) is 23.3 Å². The van der Waals surface area contributed by atoms with Crippen molar-refractivity contribution in [1.82, 2.24) is 0 Å². The van der Waals surface area contributed by atoms with Crippen LogP contribution in [0.4, 0.5) is 0 Å². The molecule has 0 saturated heterocycles. The Morgan fingerprint density at radius 1 is 1.38 bits per heavy atom. The third-order valence-corrected chi connectivity index (χ3v) is 17.5. The molecule has 2 aliphatic rings. The maximum atomic E-state index is 12.7. The Morgan fingerprint density at radius 3 is 2.75 bits per heavy atom. The molecule has 0 unspecified atom stereocenters. The Balaban J connectivity index is 1.93. The maximum absolute atomic E-state index is 12.7. The second-order valence-electron chi connectivity index (χ2n) is 8.59. The van der Waals surface area contributed by atoms with Gasteiger partial charge in [-0.1, -0.05) is 0 Å². The molecule has 0 aromatic carbocycles. The fourth-order valence-electron chi connectivity index (χ4n) is 5.49. The fourth-order valence-corrected chi connectivity index (χ4v) is 14.4. The van der Waals surface area contributed by atoms with Gasteiger partial charge in [0.15, 0.2) is 0 Å². The Labute approximate surface area is 161 Å². The molecule has 1 heterocycles. The van der Waals surface area contributed by atoms with Crippen molar-refractivity contribution in [3.8, 4) is 0 Å². The average molecular weight is 535 g/mol. The third kappa shape index (κ3) is 3.07. The van der Waals surface area contributed by atoms with E-state index in [1.54, 1.807) is 18.6 Å². The van der Waals surface area contributed by atoms with Crippen molar-refractivity contribution in [2.45, 2.75) is 63.2 Å². The number of furan rings is 1. The summed E-state index contributed by atoms with van der Waals surface area (Å²) in [5.41, 5.74) is 4.02. The van der Waals surface area contributed by atoms with Crippen LogP contribution in [0, 0.1) is 16.7 Å². The molecular weight excluding hydrogens is 508 g/mol. The molecule has 2 nitrogen and oxygen atoms in total. The number of carbonyl (C=O) groups is 1. The Bertz CT molecular complexity index is 647. The zero-order valence-corrected chi connectivity index (χ0v) is 21.6. The van der Waals surface area contributed by atoms with E-state index in [1.807, 2.05) is 0 Å². The molecule has 3 atom stereocenters. The number of hydrogen-bond acceptors (Lipinski definition) is 2. The third-order valence-electron chi connectivity index (χ3n) is 7.11. The van der Waals surface area contributed by atoms with Crippen LogP contribution in [0.2, 0.25) is 3.43 Å². The second kappa shape index (κ2) is 6.91. The van der Waals surface area contributed by atoms with Gasteiger partial charge in [-0.3, -0.25) is 0 Å².